The van der Waals surface area contributed by atoms with Crippen molar-refractivity contribution in [2.24, 2.45) is 0 Å². The van der Waals surface area contributed by atoms with Crippen LogP contribution in [0.2, 0.25) is 0 Å². The highest BCUT2D eigenvalue weighted by Crippen LogP contribution is 2.25. The van der Waals surface area contributed by atoms with E-state index in [9.17, 15) is 4.79 Å². The van der Waals surface area contributed by atoms with E-state index in [1.54, 1.807) is 24.5 Å². The molecule has 0 radical (unpaired) electrons. The zero-order valence-electron chi connectivity index (χ0n) is 15.7. The fourth-order valence-corrected chi connectivity index (χ4v) is 3.18. The van der Waals surface area contributed by atoms with Crippen LogP contribution in [-0.2, 0) is 0 Å². The summed E-state index contributed by atoms with van der Waals surface area (Å²) < 4.78 is 0. The molecule has 5 heteroatoms. The summed E-state index contributed by atoms with van der Waals surface area (Å²) in [5, 5.41) is 7.32. The minimum atomic E-state index is -0.168. The van der Waals surface area contributed by atoms with Crippen LogP contribution in [0.1, 0.15) is 21.5 Å². The first-order chi connectivity index (χ1) is 13.6. The van der Waals surface area contributed by atoms with Gasteiger partial charge in [0.2, 0.25) is 0 Å². The molecule has 0 fully saturated rings. The number of hydrogen-bond acceptors (Lipinski definition) is 4. The van der Waals surface area contributed by atoms with Crippen molar-refractivity contribution < 1.29 is 4.79 Å². The van der Waals surface area contributed by atoms with Gasteiger partial charge in [0.1, 0.15) is 5.82 Å². The Hall–Kier alpha value is -3.73. The average molecular weight is 368 g/mol. The van der Waals surface area contributed by atoms with Gasteiger partial charge >= 0.3 is 0 Å². The number of anilines is 3. The minimum Gasteiger partial charge on any atom is -0.338 e. The summed E-state index contributed by atoms with van der Waals surface area (Å²) in [6, 6.07) is 19.2. The van der Waals surface area contributed by atoms with Crippen LogP contribution in [0, 0.1) is 13.8 Å². The SMILES string of the molecule is Cc1cccc(C)c1NC(=O)c1ccnc(Nc2cccc3cccnc23)c1. The summed E-state index contributed by atoms with van der Waals surface area (Å²) in [4.78, 5) is 21.5. The van der Waals surface area contributed by atoms with Crippen molar-refractivity contribution in [3.63, 3.8) is 0 Å². The fourth-order valence-electron chi connectivity index (χ4n) is 3.18. The number of fused-ring (bicyclic) bond motifs is 1. The topological polar surface area (TPSA) is 66.9 Å². The van der Waals surface area contributed by atoms with E-state index in [1.165, 1.54) is 0 Å². The van der Waals surface area contributed by atoms with Crippen LogP contribution < -0.4 is 10.6 Å². The van der Waals surface area contributed by atoms with Crippen LogP contribution in [-0.4, -0.2) is 15.9 Å². The van der Waals surface area contributed by atoms with Crippen molar-refractivity contribution in [3.05, 3.63) is 89.7 Å². The van der Waals surface area contributed by atoms with Gasteiger partial charge in [0.05, 0.1) is 11.2 Å². The molecule has 0 aliphatic heterocycles. The molecule has 1 amide bonds. The van der Waals surface area contributed by atoms with E-state index in [0.29, 0.717) is 11.4 Å². The Morgan fingerprint density at radius 3 is 2.43 bits per heavy atom. The van der Waals surface area contributed by atoms with Crippen LogP contribution in [0.25, 0.3) is 10.9 Å². The first-order valence-electron chi connectivity index (χ1n) is 9.06. The van der Waals surface area contributed by atoms with E-state index in [4.69, 9.17) is 0 Å². The lowest BCUT2D eigenvalue weighted by Crippen LogP contribution is -2.14. The van der Waals surface area contributed by atoms with Crippen LogP contribution in [0.3, 0.4) is 0 Å². The van der Waals surface area contributed by atoms with Crippen molar-refractivity contribution in [2.45, 2.75) is 13.8 Å². The lowest BCUT2D eigenvalue weighted by atomic mass is 10.1. The van der Waals surface area contributed by atoms with Gasteiger partial charge in [-0.25, -0.2) is 4.98 Å². The number of nitrogens with one attached hydrogen (secondary N) is 2. The van der Waals surface area contributed by atoms with E-state index >= 15 is 0 Å². The average Bonchev–Trinajstić information content (AvgIpc) is 2.71. The van der Waals surface area contributed by atoms with E-state index < -0.39 is 0 Å². The summed E-state index contributed by atoms with van der Waals surface area (Å²) in [7, 11) is 0. The number of nitrogens with zero attached hydrogens (tertiary/aromatic N) is 2. The summed E-state index contributed by atoms with van der Waals surface area (Å²) in [5.41, 5.74) is 5.14. The molecule has 4 aromatic rings. The number of aryl methyl sites for hydroxylation is 2. The van der Waals surface area contributed by atoms with Crippen LogP contribution in [0.5, 0.6) is 0 Å². The second kappa shape index (κ2) is 7.48. The van der Waals surface area contributed by atoms with Gasteiger partial charge in [-0.15, -0.1) is 0 Å². The second-order valence-electron chi connectivity index (χ2n) is 6.66. The summed E-state index contributed by atoms with van der Waals surface area (Å²) in [6.45, 7) is 3.96. The number of para-hydroxylation sites is 2. The third-order valence-electron chi connectivity index (χ3n) is 4.64. The quantitative estimate of drug-likeness (QED) is 0.517. The van der Waals surface area contributed by atoms with Crippen LogP contribution in [0.15, 0.2) is 73.1 Å². The third-order valence-corrected chi connectivity index (χ3v) is 4.64. The summed E-state index contributed by atoms with van der Waals surface area (Å²) >= 11 is 0. The maximum Gasteiger partial charge on any atom is 0.255 e. The number of rotatable bonds is 4. The highest BCUT2D eigenvalue weighted by Gasteiger charge is 2.11. The van der Waals surface area contributed by atoms with Gasteiger partial charge in [0, 0.05) is 29.0 Å². The molecule has 138 valence electrons. The van der Waals surface area contributed by atoms with Gasteiger partial charge in [-0.05, 0) is 49.2 Å². The molecule has 5 nitrogen and oxygen atoms in total. The van der Waals surface area contributed by atoms with Gasteiger partial charge < -0.3 is 10.6 Å². The Morgan fingerprint density at radius 2 is 1.61 bits per heavy atom. The number of aromatic nitrogens is 2. The van der Waals surface area contributed by atoms with Crippen molar-refractivity contribution in [1.29, 1.82) is 0 Å². The Kier molecular flexibility index (Phi) is 4.72. The zero-order chi connectivity index (χ0) is 19.5. The summed E-state index contributed by atoms with van der Waals surface area (Å²) in [5.74, 6) is 0.422. The highest BCUT2D eigenvalue weighted by molar-refractivity contribution is 6.05. The molecular formula is C23H20N4O. The molecule has 0 aliphatic rings. The smallest absolute Gasteiger partial charge is 0.255 e. The number of pyridine rings is 2. The number of amides is 1. The minimum absolute atomic E-state index is 0.168. The van der Waals surface area contributed by atoms with Gasteiger partial charge in [-0.1, -0.05) is 36.4 Å². The molecule has 0 bridgehead atoms. The van der Waals surface area contributed by atoms with Crippen molar-refractivity contribution in [3.8, 4) is 0 Å². The molecule has 0 saturated carbocycles. The zero-order valence-corrected chi connectivity index (χ0v) is 15.7. The molecule has 28 heavy (non-hydrogen) atoms. The second-order valence-corrected chi connectivity index (χ2v) is 6.66. The molecule has 2 heterocycles. The molecule has 0 aliphatic carbocycles. The highest BCUT2D eigenvalue weighted by atomic mass is 16.1. The Bertz CT molecular complexity index is 1140. The maximum atomic E-state index is 12.8. The lowest BCUT2D eigenvalue weighted by molar-refractivity contribution is 0.102. The lowest BCUT2D eigenvalue weighted by Gasteiger charge is -2.12. The molecule has 0 atom stereocenters. The van der Waals surface area contributed by atoms with Gasteiger partial charge in [0.15, 0.2) is 0 Å². The number of carbonyl (C=O) groups is 1. The molecule has 0 saturated heterocycles. The van der Waals surface area contributed by atoms with Crippen LogP contribution >= 0.6 is 0 Å². The number of carbonyl (C=O) groups excluding carboxylic acids is 1. The third kappa shape index (κ3) is 3.55. The monoisotopic (exact) mass is 368 g/mol. The molecule has 2 aromatic carbocycles. The largest absolute Gasteiger partial charge is 0.338 e. The fraction of sp³-hybridized carbons (Fsp3) is 0.0870. The molecule has 0 unspecified atom stereocenters. The van der Waals surface area contributed by atoms with Crippen molar-refractivity contribution >= 4 is 34.0 Å². The molecule has 2 N–H and O–H groups in total. The van der Waals surface area contributed by atoms with Gasteiger partial charge in [0.25, 0.3) is 5.91 Å². The maximum absolute atomic E-state index is 12.8. The van der Waals surface area contributed by atoms with E-state index in [2.05, 4.69) is 20.6 Å². The first-order valence-corrected chi connectivity index (χ1v) is 9.06. The van der Waals surface area contributed by atoms with E-state index in [0.717, 1.165) is 33.4 Å². The van der Waals surface area contributed by atoms with E-state index in [-0.39, 0.29) is 5.91 Å². The Labute approximate surface area is 163 Å². The molecule has 0 spiro atoms. The van der Waals surface area contributed by atoms with Crippen LogP contribution in [0.4, 0.5) is 17.2 Å². The van der Waals surface area contributed by atoms with Crippen molar-refractivity contribution in [1.82, 2.24) is 9.97 Å². The standard InChI is InChI=1S/C23H20N4O/c1-15-6-3-7-16(2)21(15)27-23(28)18-11-13-24-20(14-18)26-19-10-4-8-17-9-5-12-25-22(17)19/h3-14H,1-2H3,(H,24,26)(H,27,28). The normalized spacial score (nSPS) is 10.6. The van der Waals surface area contributed by atoms with Gasteiger partial charge in [-0.2, -0.15) is 0 Å². The van der Waals surface area contributed by atoms with Crippen molar-refractivity contribution in [2.75, 3.05) is 10.6 Å². The predicted molar refractivity (Wildman–Crippen MR) is 113 cm³/mol. The predicted octanol–water partition coefficient (Wildman–Crippen LogP) is 5.24. The number of hydrogen-bond donors (Lipinski definition) is 2. The molecule has 2 aromatic heterocycles. The first kappa shape index (κ1) is 17.7. The van der Waals surface area contributed by atoms with E-state index in [1.807, 2.05) is 62.4 Å². The molecule has 4 rings (SSSR count). The Morgan fingerprint density at radius 1 is 0.857 bits per heavy atom. The Balaban J connectivity index is 1.60. The summed E-state index contributed by atoms with van der Waals surface area (Å²) in [6.07, 6.45) is 3.38. The van der Waals surface area contributed by atoms with Gasteiger partial charge in [-0.3, -0.25) is 9.78 Å². The number of benzene rings is 2. The molecular weight excluding hydrogens is 348 g/mol.